The van der Waals surface area contributed by atoms with Crippen molar-refractivity contribution in [2.75, 3.05) is 0 Å². The van der Waals surface area contributed by atoms with Gasteiger partial charge in [-0.05, 0) is 38.8 Å². The molecule has 2 rings (SSSR count). The van der Waals surface area contributed by atoms with Crippen LogP contribution in [0.3, 0.4) is 0 Å². The van der Waals surface area contributed by atoms with Gasteiger partial charge < -0.3 is 5.32 Å². The lowest BCUT2D eigenvalue weighted by Gasteiger charge is -2.20. The average Bonchev–Trinajstić information content (AvgIpc) is 2.83. The van der Waals surface area contributed by atoms with Gasteiger partial charge in [-0.1, -0.05) is 30.3 Å². The van der Waals surface area contributed by atoms with E-state index in [1.54, 1.807) is 0 Å². The number of hydrogen-bond acceptors (Lipinski definition) is 3. The molecule has 0 aliphatic heterocycles. The summed E-state index contributed by atoms with van der Waals surface area (Å²) in [6, 6.07) is 8.33. The zero-order chi connectivity index (χ0) is 13.9. The summed E-state index contributed by atoms with van der Waals surface area (Å²) in [5.74, 6) is 0. The van der Waals surface area contributed by atoms with Gasteiger partial charge in [0.25, 0.3) is 0 Å². The Balaban J connectivity index is 2.29. The van der Waals surface area contributed by atoms with E-state index in [0.29, 0.717) is 0 Å². The Morgan fingerprint density at radius 2 is 1.95 bits per heavy atom. The summed E-state index contributed by atoms with van der Waals surface area (Å²) in [7, 11) is 0. The molecular weight excluding hydrogens is 236 g/mol. The molecule has 102 valence electrons. The third-order valence-corrected chi connectivity index (χ3v) is 3.02. The fourth-order valence-corrected chi connectivity index (χ4v) is 1.95. The fourth-order valence-electron chi connectivity index (χ4n) is 1.95. The highest BCUT2D eigenvalue weighted by Gasteiger charge is 2.13. The van der Waals surface area contributed by atoms with Crippen molar-refractivity contribution in [3.8, 4) is 5.69 Å². The molecule has 1 aromatic heterocycles. The van der Waals surface area contributed by atoms with Crippen LogP contribution in [0.25, 0.3) is 5.69 Å². The number of hydrogen-bond donors (Lipinski definition) is 1. The second-order valence-electron chi connectivity index (χ2n) is 5.72. The summed E-state index contributed by atoms with van der Waals surface area (Å²) in [5, 5.41) is 11.7. The van der Waals surface area contributed by atoms with Gasteiger partial charge in [0.1, 0.15) is 0 Å². The maximum atomic E-state index is 4.22. The van der Waals surface area contributed by atoms with Crippen molar-refractivity contribution in [2.45, 2.75) is 46.2 Å². The van der Waals surface area contributed by atoms with Crippen LogP contribution in [0.4, 0.5) is 0 Å². The Labute approximate surface area is 114 Å². The highest BCUT2D eigenvalue weighted by molar-refractivity contribution is 5.41. The van der Waals surface area contributed by atoms with Crippen molar-refractivity contribution in [1.82, 2.24) is 20.3 Å². The van der Waals surface area contributed by atoms with Crippen molar-refractivity contribution in [1.29, 1.82) is 0 Å². The largest absolute Gasteiger partial charge is 0.306 e. The zero-order valence-electron chi connectivity index (χ0n) is 12.1. The minimum absolute atomic E-state index is 0.0827. The van der Waals surface area contributed by atoms with E-state index in [4.69, 9.17) is 0 Å². The number of aryl methyl sites for hydroxylation is 1. The summed E-state index contributed by atoms with van der Waals surface area (Å²) in [5.41, 5.74) is 3.56. The standard InChI is InChI=1S/C15H22N4/c1-5-12-8-6-7-9-14(12)19-13(11-17-18-19)10-16-15(2,3)4/h6-9,11,16H,5,10H2,1-4H3. The molecule has 2 aromatic rings. The van der Waals surface area contributed by atoms with Crippen LogP contribution in [-0.2, 0) is 13.0 Å². The van der Waals surface area contributed by atoms with Crippen LogP contribution in [0.15, 0.2) is 30.5 Å². The molecule has 0 radical (unpaired) electrons. The first kappa shape index (κ1) is 13.7. The van der Waals surface area contributed by atoms with E-state index in [1.165, 1.54) is 5.56 Å². The van der Waals surface area contributed by atoms with Gasteiger partial charge in [-0.2, -0.15) is 0 Å². The van der Waals surface area contributed by atoms with Gasteiger partial charge in [0, 0.05) is 12.1 Å². The van der Waals surface area contributed by atoms with Gasteiger partial charge in [-0.3, -0.25) is 0 Å². The molecule has 19 heavy (non-hydrogen) atoms. The van der Waals surface area contributed by atoms with E-state index in [9.17, 15) is 0 Å². The lowest BCUT2D eigenvalue weighted by molar-refractivity contribution is 0.418. The molecule has 0 spiro atoms. The lowest BCUT2D eigenvalue weighted by Crippen LogP contribution is -2.35. The molecule has 4 nitrogen and oxygen atoms in total. The average molecular weight is 258 g/mol. The molecule has 0 fully saturated rings. The zero-order valence-corrected chi connectivity index (χ0v) is 12.1. The highest BCUT2D eigenvalue weighted by Crippen LogP contribution is 2.16. The first-order valence-corrected chi connectivity index (χ1v) is 6.74. The van der Waals surface area contributed by atoms with Crippen LogP contribution in [0.5, 0.6) is 0 Å². The Bertz CT molecular complexity index is 537. The predicted molar refractivity (Wildman–Crippen MR) is 77.3 cm³/mol. The third kappa shape index (κ3) is 3.41. The van der Waals surface area contributed by atoms with Crippen LogP contribution < -0.4 is 5.32 Å². The van der Waals surface area contributed by atoms with Gasteiger partial charge in [0.05, 0.1) is 17.6 Å². The number of para-hydroxylation sites is 1. The topological polar surface area (TPSA) is 42.7 Å². The molecule has 0 amide bonds. The van der Waals surface area contributed by atoms with Gasteiger partial charge >= 0.3 is 0 Å². The van der Waals surface area contributed by atoms with E-state index in [0.717, 1.165) is 24.3 Å². The summed E-state index contributed by atoms with van der Waals surface area (Å²) in [6.45, 7) is 9.38. The minimum atomic E-state index is 0.0827. The van der Waals surface area contributed by atoms with E-state index in [-0.39, 0.29) is 5.54 Å². The van der Waals surface area contributed by atoms with E-state index in [2.05, 4.69) is 61.5 Å². The maximum Gasteiger partial charge on any atom is 0.0783 e. The van der Waals surface area contributed by atoms with Gasteiger partial charge in [-0.15, -0.1) is 5.10 Å². The number of benzene rings is 1. The Morgan fingerprint density at radius 3 is 2.63 bits per heavy atom. The molecule has 0 saturated heterocycles. The highest BCUT2D eigenvalue weighted by atomic mass is 15.4. The second-order valence-corrected chi connectivity index (χ2v) is 5.72. The monoisotopic (exact) mass is 258 g/mol. The van der Waals surface area contributed by atoms with E-state index >= 15 is 0 Å². The minimum Gasteiger partial charge on any atom is -0.306 e. The molecule has 0 atom stereocenters. The molecule has 0 unspecified atom stereocenters. The maximum absolute atomic E-state index is 4.22. The van der Waals surface area contributed by atoms with Gasteiger partial charge in [0.15, 0.2) is 0 Å². The molecule has 1 N–H and O–H groups in total. The quantitative estimate of drug-likeness (QED) is 0.917. The number of nitrogens with one attached hydrogen (secondary N) is 1. The normalized spacial score (nSPS) is 11.8. The first-order valence-electron chi connectivity index (χ1n) is 6.74. The summed E-state index contributed by atoms with van der Waals surface area (Å²) >= 11 is 0. The van der Waals surface area contributed by atoms with Crippen molar-refractivity contribution in [3.05, 3.63) is 41.7 Å². The molecule has 0 aliphatic rings. The second kappa shape index (κ2) is 5.53. The molecule has 0 aliphatic carbocycles. The SMILES string of the molecule is CCc1ccccc1-n1nncc1CNC(C)(C)C. The van der Waals surface area contributed by atoms with Crippen LogP contribution in [0.1, 0.15) is 39.0 Å². The smallest absolute Gasteiger partial charge is 0.0783 e. The van der Waals surface area contributed by atoms with Crippen LogP contribution in [0.2, 0.25) is 0 Å². The predicted octanol–water partition coefficient (Wildman–Crippen LogP) is 2.72. The number of aromatic nitrogens is 3. The van der Waals surface area contributed by atoms with Crippen molar-refractivity contribution < 1.29 is 0 Å². The summed E-state index contributed by atoms with van der Waals surface area (Å²) in [6.07, 6.45) is 2.81. The summed E-state index contributed by atoms with van der Waals surface area (Å²) in [4.78, 5) is 0. The number of nitrogens with zero attached hydrogens (tertiary/aromatic N) is 3. The van der Waals surface area contributed by atoms with Crippen LogP contribution >= 0.6 is 0 Å². The van der Waals surface area contributed by atoms with E-state index < -0.39 is 0 Å². The molecule has 1 heterocycles. The Kier molecular flexibility index (Phi) is 4.00. The lowest BCUT2D eigenvalue weighted by atomic mass is 10.1. The van der Waals surface area contributed by atoms with Crippen molar-refractivity contribution in [3.63, 3.8) is 0 Å². The van der Waals surface area contributed by atoms with Gasteiger partial charge in [0.2, 0.25) is 0 Å². The van der Waals surface area contributed by atoms with Crippen molar-refractivity contribution in [2.24, 2.45) is 0 Å². The molecule has 0 bridgehead atoms. The molecular formula is C15H22N4. The molecule has 1 aromatic carbocycles. The Hall–Kier alpha value is -1.68. The molecule has 0 saturated carbocycles. The summed E-state index contributed by atoms with van der Waals surface area (Å²) < 4.78 is 1.93. The molecule has 4 heteroatoms. The van der Waals surface area contributed by atoms with Crippen LogP contribution in [-0.4, -0.2) is 20.5 Å². The van der Waals surface area contributed by atoms with Gasteiger partial charge in [-0.25, -0.2) is 4.68 Å². The van der Waals surface area contributed by atoms with E-state index in [1.807, 2.05) is 16.9 Å². The fraction of sp³-hybridized carbons (Fsp3) is 0.467. The third-order valence-electron chi connectivity index (χ3n) is 3.02. The first-order chi connectivity index (χ1) is 9.01. The number of rotatable bonds is 4. The van der Waals surface area contributed by atoms with Crippen molar-refractivity contribution >= 4 is 0 Å². The van der Waals surface area contributed by atoms with Crippen LogP contribution in [0, 0.1) is 0 Å². The Morgan fingerprint density at radius 1 is 1.21 bits per heavy atom.